The lowest BCUT2D eigenvalue weighted by molar-refractivity contribution is -0.113. The number of fused-ring (bicyclic) bond motifs is 3. The number of sulfone groups is 1. The van der Waals surface area contributed by atoms with Crippen LogP contribution in [0.15, 0.2) is 18.2 Å². The van der Waals surface area contributed by atoms with Gasteiger partial charge in [0.25, 0.3) is 5.91 Å². The van der Waals surface area contributed by atoms with Crippen LogP contribution in [0.3, 0.4) is 0 Å². The number of aromatic nitrogens is 2. The number of aryl methyl sites for hydroxylation is 1. The van der Waals surface area contributed by atoms with Crippen LogP contribution in [0.5, 0.6) is 5.75 Å². The standard InChI is InChI=1S/C24H32N4O6S/c1-4-5-11-34-17-6-7-18-16(13-17)8-9-24(18)14-19-21(23(30)26-24)22(28(27-19)10-12-33-2)25-20(29)15-35(3,31)32/h6-7,13H,4-5,8-12,14-15H2,1-3H3,(H,25,29)(H,26,30)/t24-/m0/s1. The molecular formula is C24H32N4O6S. The zero-order chi connectivity index (χ0) is 25.2. The van der Waals surface area contributed by atoms with E-state index in [1.165, 1.54) is 4.68 Å². The lowest BCUT2D eigenvalue weighted by atomic mass is 9.82. The Kier molecular flexibility index (Phi) is 7.18. The van der Waals surface area contributed by atoms with Crippen LogP contribution in [0.25, 0.3) is 0 Å². The van der Waals surface area contributed by atoms with Gasteiger partial charge in [0.05, 0.1) is 31.0 Å². The minimum atomic E-state index is -3.53. The maximum atomic E-state index is 13.4. The Morgan fingerprint density at radius 1 is 1.31 bits per heavy atom. The highest BCUT2D eigenvalue weighted by molar-refractivity contribution is 7.91. The third-order valence-corrected chi connectivity index (χ3v) is 7.20. The number of ether oxygens (including phenoxy) is 2. The highest BCUT2D eigenvalue weighted by atomic mass is 32.2. The van der Waals surface area contributed by atoms with E-state index in [9.17, 15) is 18.0 Å². The predicted octanol–water partition coefficient (Wildman–Crippen LogP) is 1.82. The van der Waals surface area contributed by atoms with Crippen molar-refractivity contribution in [3.8, 4) is 5.75 Å². The first-order chi connectivity index (χ1) is 16.7. The number of nitrogens with zero attached hydrogens (tertiary/aromatic N) is 2. The minimum absolute atomic E-state index is 0.191. The smallest absolute Gasteiger partial charge is 0.257 e. The van der Waals surface area contributed by atoms with E-state index in [1.807, 2.05) is 12.1 Å². The van der Waals surface area contributed by atoms with Crippen molar-refractivity contribution in [2.24, 2.45) is 0 Å². The predicted molar refractivity (Wildman–Crippen MR) is 130 cm³/mol. The van der Waals surface area contributed by atoms with E-state index >= 15 is 0 Å². The van der Waals surface area contributed by atoms with Crippen molar-refractivity contribution in [3.63, 3.8) is 0 Å². The van der Waals surface area contributed by atoms with Crippen molar-refractivity contribution in [2.75, 3.05) is 37.6 Å². The van der Waals surface area contributed by atoms with Crippen molar-refractivity contribution >= 4 is 27.5 Å². The Morgan fingerprint density at radius 3 is 2.83 bits per heavy atom. The van der Waals surface area contributed by atoms with Gasteiger partial charge in [-0.05, 0) is 42.5 Å². The highest BCUT2D eigenvalue weighted by Crippen LogP contribution is 2.44. The molecule has 190 valence electrons. The number of carbonyl (C=O) groups excluding carboxylic acids is 2. The molecule has 10 nitrogen and oxygen atoms in total. The molecule has 2 N–H and O–H groups in total. The molecule has 1 aliphatic heterocycles. The van der Waals surface area contributed by atoms with Crippen LogP contribution in [-0.4, -0.2) is 62.3 Å². The Morgan fingerprint density at radius 2 is 2.11 bits per heavy atom. The maximum Gasteiger partial charge on any atom is 0.257 e. The third-order valence-electron chi connectivity index (χ3n) is 6.41. The van der Waals surface area contributed by atoms with Crippen LogP contribution in [0.2, 0.25) is 0 Å². The van der Waals surface area contributed by atoms with Crippen LogP contribution < -0.4 is 15.4 Å². The molecule has 2 aromatic rings. The van der Waals surface area contributed by atoms with Crippen LogP contribution in [-0.2, 0) is 44.3 Å². The van der Waals surface area contributed by atoms with Crippen molar-refractivity contribution in [2.45, 2.75) is 51.1 Å². The molecule has 0 fully saturated rings. The summed E-state index contributed by atoms with van der Waals surface area (Å²) >= 11 is 0. The molecule has 11 heteroatoms. The van der Waals surface area contributed by atoms with Gasteiger partial charge in [-0.25, -0.2) is 13.1 Å². The number of unbranched alkanes of at least 4 members (excludes halogenated alkanes) is 1. The van der Waals surface area contributed by atoms with E-state index in [4.69, 9.17) is 9.47 Å². The van der Waals surface area contributed by atoms with E-state index in [2.05, 4.69) is 28.7 Å². The molecule has 35 heavy (non-hydrogen) atoms. The van der Waals surface area contributed by atoms with E-state index in [1.54, 1.807) is 7.11 Å². The minimum Gasteiger partial charge on any atom is -0.494 e. The molecular weight excluding hydrogens is 472 g/mol. The van der Waals surface area contributed by atoms with Gasteiger partial charge in [-0.15, -0.1) is 0 Å². The molecule has 0 saturated carbocycles. The largest absolute Gasteiger partial charge is 0.494 e. The number of anilines is 1. The summed E-state index contributed by atoms with van der Waals surface area (Å²) in [6.07, 6.45) is 5.04. The average Bonchev–Trinajstić information content (AvgIpc) is 3.29. The molecule has 1 spiro atoms. The van der Waals surface area contributed by atoms with Crippen molar-refractivity contribution in [3.05, 3.63) is 40.6 Å². The lowest BCUT2D eigenvalue weighted by Gasteiger charge is -2.35. The van der Waals surface area contributed by atoms with E-state index in [0.29, 0.717) is 31.9 Å². The van der Waals surface area contributed by atoms with Crippen LogP contribution >= 0.6 is 0 Å². The van der Waals surface area contributed by atoms with E-state index < -0.39 is 27.0 Å². The highest BCUT2D eigenvalue weighted by Gasteiger charge is 2.46. The first-order valence-electron chi connectivity index (χ1n) is 11.8. The van der Waals surface area contributed by atoms with Crippen molar-refractivity contribution in [1.82, 2.24) is 15.1 Å². The molecule has 0 bridgehead atoms. The Hall–Kier alpha value is -2.92. The number of benzene rings is 1. The van der Waals surface area contributed by atoms with Crippen LogP contribution in [0.4, 0.5) is 5.82 Å². The molecule has 0 radical (unpaired) electrons. The fourth-order valence-electron chi connectivity index (χ4n) is 4.82. The first-order valence-corrected chi connectivity index (χ1v) is 13.9. The second-order valence-electron chi connectivity index (χ2n) is 9.24. The molecule has 1 atom stereocenters. The molecule has 1 aromatic heterocycles. The molecule has 0 saturated heterocycles. The van der Waals surface area contributed by atoms with Crippen LogP contribution in [0.1, 0.15) is 53.4 Å². The number of amides is 2. The molecule has 1 aliphatic carbocycles. The number of nitrogens with one attached hydrogen (secondary N) is 2. The van der Waals surface area contributed by atoms with Gasteiger partial charge in [0.1, 0.15) is 22.9 Å². The topological polar surface area (TPSA) is 129 Å². The molecule has 4 rings (SSSR count). The second kappa shape index (κ2) is 9.98. The summed E-state index contributed by atoms with van der Waals surface area (Å²) in [6, 6.07) is 6.01. The fourth-order valence-corrected chi connectivity index (χ4v) is 5.37. The average molecular weight is 505 g/mol. The number of methoxy groups -OCH3 is 1. The second-order valence-corrected chi connectivity index (χ2v) is 11.4. The Balaban J connectivity index is 1.64. The summed E-state index contributed by atoms with van der Waals surface area (Å²) in [5.74, 6) is -0.726. The van der Waals surface area contributed by atoms with Gasteiger partial charge in [-0.2, -0.15) is 5.10 Å². The van der Waals surface area contributed by atoms with Crippen LogP contribution in [0, 0.1) is 0 Å². The molecule has 2 aliphatic rings. The van der Waals surface area contributed by atoms with E-state index in [0.717, 1.165) is 48.8 Å². The first kappa shape index (κ1) is 25.2. The van der Waals surface area contributed by atoms with Gasteiger partial charge in [0.15, 0.2) is 9.84 Å². The van der Waals surface area contributed by atoms with Gasteiger partial charge >= 0.3 is 0 Å². The van der Waals surface area contributed by atoms with Gasteiger partial charge in [-0.3, -0.25) is 9.59 Å². The molecule has 2 heterocycles. The number of rotatable bonds is 10. The number of carbonyl (C=O) groups is 2. The SMILES string of the molecule is CCCCOc1ccc2c(c1)CC[C@]21Cc2nn(CCOC)c(NC(=O)CS(C)(=O)=O)c2C(=O)N1. The summed E-state index contributed by atoms with van der Waals surface area (Å²) in [6.45, 7) is 3.40. The zero-order valence-electron chi connectivity index (χ0n) is 20.3. The Bertz CT molecular complexity index is 1240. The van der Waals surface area contributed by atoms with Gasteiger partial charge in [0, 0.05) is 19.8 Å². The zero-order valence-corrected chi connectivity index (χ0v) is 21.2. The monoisotopic (exact) mass is 504 g/mol. The Labute approximate surface area is 205 Å². The van der Waals surface area contributed by atoms with Gasteiger partial charge < -0.3 is 20.1 Å². The quantitative estimate of drug-likeness (QED) is 0.472. The fraction of sp³-hybridized carbons (Fsp3) is 0.542. The van der Waals surface area contributed by atoms with Gasteiger partial charge in [-0.1, -0.05) is 19.4 Å². The molecule has 1 aromatic carbocycles. The number of hydrogen-bond acceptors (Lipinski definition) is 7. The summed E-state index contributed by atoms with van der Waals surface area (Å²) in [5.41, 5.74) is 2.43. The van der Waals surface area contributed by atoms with Crippen molar-refractivity contribution < 1.29 is 27.5 Å². The summed E-state index contributed by atoms with van der Waals surface area (Å²) in [5, 5.41) is 10.4. The molecule has 2 amide bonds. The molecule has 0 unspecified atom stereocenters. The third kappa shape index (κ3) is 5.35. The summed E-state index contributed by atoms with van der Waals surface area (Å²) in [4.78, 5) is 25.8. The maximum absolute atomic E-state index is 13.4. The number of hydrogen-bond donors (Lipinski definition) is 2. The normalized spacial score (nSPS) is 18.8. The summed E-state index contributed by atoms with van der Waals surface area (Å²) in [7, 11) is -1.99. The summed E-state index contributed by atoms with van der Waals surface area (Å²) < 4.78 is 35.7. The van der Waals surface area contributed by atoms with Gasteiger partial charge in [0.2, 0.25) is 5.91 Å². The van der Waals surface area contributed by atoms with Crippen molar-refractivity contribution in [1.29, 1.82) is 0 Å². The van der Waals surface area contributed by atoms with E-state index in [-0.39, 0.29) is 17.3 Å². The lowest BCUT2D eigenvalue weighted by Crippen LogP contribution is -2.49.